The molecule has 3 rings (SSSR count). The molecule has 1 aromatic heterocycles. The molecule has 1 saturated heterocycles. The van der Waals surface area contributed by atoms with Gasteiger partial charge in [0, 0.05) is 31.9 Å². The fourth-order valence-corrected chi connectivity index (χ4v) is 3.14. The van der Waals surface area contributed by atoms with E-state index >= 15 is 0 Å². The summed E-state index contributed by atoms with van der Waals surface area (Å²) in [6, 6.07) is 8.35. The second-order valence-corrected chi connectivity index (χ2v) is 7.48. The predicted octanol–water partition coefficient (Wildman–Crippen LogP) is 3.05. The van der Waals surface area contributed by atoms with Crippen LogP contribution in [0.25, 0.3) is 0 Å². The van der Waals surface area contributed by atoms with Crippen LogP contribution in [0.5, 0.6) is 0 Å². The number of benzene rings is 1. The van der Waals surface area contributed by atoms with E-state index in [9.17, 15) is 0 Å². The van der Waals surface area contributed by atoms with Crippen molar-refractivity contribution in [1.82, 2.24) is 20.1 Å². The highest BCUT2D eigenvalue weighted by Gasteiger charge is 2.20. The zero-order chi connectivity index (χ0) is 17.9. The Morgan fingerprint density at radius 1 is 1.08 bits per heavy atom. The molecule has 0 spiro atoms. The third-order valence-corrected chi connectivity index (χ3v) is 4.65. The maximum Gasteiger partial charge on any atom is 0.247 e. The summed E-state index contributed by atoms with van der Waals surface area (Å²) in [4.78, 5) is 9.33. The van der Waals surface area contributed by atoms with Gasteiger partial charge in [-0.15, -0.1) is 5.10 Å². The summed E-state index contributed by atoms with van der Waals surface area (Å²) in [6.45, 7) is 13.9. The normalized spacial score (nSPS) is 16.1. The van der Waals surface area contributed by atoms with Crippen LogP contribution in [0.2, 0.25) is 0 Å². The van der Waals surface area contributed by atoms with Crippen molar-refractivity contribution in [3.8, 4) is 0 Å². The van der Waals surface area contributed by atoms with Crippen LogP contribution in [-0.4, -0.2) is 52.8 Å². The molecule has 134 valence electrons. The van der Waals surface area contributed by atoms with Crippen molar-refractivity contribution >= 4 is 17.5 Å². The number of hydrogen-bond acceptors (Lipinski definition) is 6. The maximum absolute atomic E-state index is 4.69. The van der Waals surface area contributed by atoms with E-state index in [2.05, 4.69) is 76.2 Å². The highest BCUT2D eigenvalue weighted by molar-refractivity contribution is 5.62. The first kappa shape index (κ1) is 17.6. The third kappa shape index (κ3) is 4.25. The van der Waals surface area contributed by atoms with E-state index in [1.54, 1.807) is 6.20 Å². The molecule has 0 unspecified atom stereocenters. The molecule has 25 heavy (non-hydrogen) atoms. The Kier molecular flexibility index (Phi) is 5.18. The number of piperazine rings is 1. The van der Waals surface area contributed by atoms with Gasteiger partial charge in [0.05, 0.1) is 6.20 Å². The first-order valence-corrected chi connectivity index (χ1v) is 9.01. The molecule has 0 amide bonds. The van der Waals surface area contributed by atoms with Crippen LogP contribution in [-0.2, 0) is 5.41 Å². The van der Waals surface area contributed by atoms with Crippen molar-refractivity contribution in [2.24, 2.45) is 0 Å². The third-order valence-electron chi connectivity index (χ3n) is 4.65. The minimum Gasteiger partial charge on any atom is -0.339 e. The van der Waals surface area contributed by atoms with Gasteiger partial charge in [0.15, 0.2) is 5.82 Å². The topological polar surface area (TPSA) is 57.2 Å². The van der Waals surface area contributed by atoms with Crippen LogP contribution in [0.4, 0.5) is 17.5 Å². The van der Waals surface area contributed by atoms with Gasteiger partial charge in [-0.1, -0.05) is 45.9 Å². The van der Waals surface area contributed by atoms with E-state index in [0.29, 0.717) is 5.95 Å². The number of nitrogens with one attached hydrogen (secondary N) is 1. The lowest BCUT2D eigenvalue weighted by Crippen LogP contribution is -2.46. The molecule has 6 heteroatoms. The van der Waals surface area contributed by atoms with Gasteiger partial charge in [-0.3, -0.25) is 0 Å². The van der Waals surface area contributed by atoms with Crippen molar-refractivity contribution in [1.29, 1.82) is 0 Å². The van der Waals surface area contributed by atoms with Crippen molar-refractivity contribution < 1.29 is 0 Å². The molecule has 0 bridgehead atoms. The second kappa shape index (κ2) is 7.35. The number of hydrogen-bond donors (Lipinski definition) is 1. The number of anilines is 3. The largest absolute Gasteiger partial charge is 0.339 e. The van der Waals surface area contributed by atoms with Crippen LogP contribution >= 0.6 is 0 Å². The summed E-state index contributed by atoms with van der Waals surface area (Å²) >= 11 is 0. The van der Waals surface area contributed by atoms with E-state index in [1.165, 1.54) is 5.56 Å². The molecule has 2 heterocycles. The highest BCUT2D eigenvalue weighted by Crippen LogP contribution is 2.30. The Bertz CT molecular complexity index is 701. The molecule has 0 aliphatic carbocycles. The molecule has 1 N–H and O–H groups in total. The molecule has 1 fully saturated rings. The van der Waals surface area contributed by atoms with Crippen molar-refractivity contribution in [3.05, 3.63) is 36.0 Å². The number of likely N-dealkylation sites (N-methyl/N-ethyl adjacent to an activating group) is 1. The SMILES string of the molecule is CCN1CCN(c2nncc(Nc3ccccc3C(C)(C)C)n2)CC1. The molecule has 1 aliphatic heterocycles. The molecule has 2 aromatic rings. The number of nitrogens with zero attached hydrogens (tertiary/aromatic N) is 5. The van der Waals surface area contributed by atoms with Crippen LogP contribution in [0.15, 0.2) is 30.5 Å². The Hall–Kier alpha value is -2.21. The number of para-hydroxylation sites is 1. The molecule has 0 atom stereocenters. The average molecular weight is 340 g/mol. The summed E-state index contributed by atoms with van der Waals surface area (Å²) in [5.41, 5.74) is 2.38. The lowest BCUT2D eigenvalue weighted by molar-refractivity contribution is 0.269. The lowest BCUT2D eigenvalue weighted by atomic mass is 9.86. The van der Waals surface area contributed by atoms with Crippen LogP contribution < -0.4 is 10.2 Å². The summed E-state index contributed by atoms with van der Waals surface area (Å²) in [7, 11) is 0. The highest BCUT2D eigenvalue weighted by atomic mass is 15.4. The Labute approximate surface area is 150 Å². The molecule has 0 saturated carbocycles. The minimum absolute atomic E-state index is 0.0589. The van der Waals surface area contributed by atoms with Gasteiger partial charge in [0.1, 0.15) is 0 Å². The summed E-state index contributed by atoms with van der Waals surface area (Å²) in [6.07, 6.45) is 1.69. The van der Waals surface area contributed by atoms with Gasteiger partial charge < -0.3 is 15.1 Å². The standard InChI is InChI=1S/C19H28N6/c1-5-24-10-12-25(13-11-24)18-22-17(14-20-23-18)21-16-9-7-6-8-15(16)19(2,3)4/h6-9,14H,5,10-13H2,1-4H3,(H,21,22,23). The van der Waals surface area contributed by atoms with Gasteiger partial charge >= 0.3 is 0 Å². The summed E-state index contributed by atoms with van der Waals surface area (Å²) in [5, 5.41) is 11.8. The maximum atomic E-state index is 4.69. The fourth-order valence-electron chi connectivity index (χ4n) is 3.14. The lowest BCUT2D eigenvalue weighted by Gasteiger charge is -2.33. The van der Waals surface area contributed by atoms with Crippen LogP contribution in [0.3, 0.4) is 0 Å². The van der Waals surface area contributed by atoms with E-state index in [0.717, 1.165) is 44.2 Å². The molecule has 6 nitrogen and oxygen atoms in total. The number of aromatic nitrogens is 3. The molecular weight excluding hydrogens is 312 g/mol. The first-order valence-electron chi connectivity index (χ1n) is 9.01. The van der Waals surface area contributed by atoms with Gasteiger partial charge in [0.2, 0.25) is 5.95 Å². The Morgan fingerprint density at radius 2 is 1.80 bits per heavy atom. The zero-order valence-electron chi connectivity index (χ0n) is 15.7. The predicted molar refractivity (Wildman–Crippen MR) is 103 cm³/mol. The summed E-state index contributed by atoms with van der Waals surface area (Å²) < 4.78 is 0. The van der Waals surface area contributed by atoms with Crippen molar-refractivity contribution in [2.45, 2.75) is 33.1 Å². The number of rotatable bonds is 4. The second-order valence-electron chi connectivity index (χ2n) is 7.48. The van der Waals surface area contributed by atoms with E-state index < -0.39 is 0 Å². The van der Waals surface area contributed by atoms with E-state index in [-0.39, 0.29) is 5.41 Å². The Morgan fingerprint density at radius 3 is 2.48 bits per heavy atom. The smallest absolute Gasteiger partial charge is 0.247 e. The zero-order valence-corrected chi connectivity index (χ0v) is 15.7. The van der Waals surface area contributed by atoms with Crippen LogP contribution in [0.1, 0.15) is 33.3 Å². The molecule has 1 aromatic carbocycles. The molecule has 1 aliphatic rings. The minimum atomic E-state index is 0.0589. The first-order chi connectivity index (χ1) is 12.0. The quantitative estimate of drug-likeness (QED) is 0.923. The molecular formula is C19H28N6. The van der Waals surface area contributed by atoms with Gasteiger partial charge in [-0.2, -0.15) is 10.1 Å². The van der Waals surface area contributed by atoms with Gasteiger partial charge in [-0.05, 0) is 23.6 Å². The fraction of sp³-hybridized carbons (Fsp3) is 0.526. The van der Waals surface area contributed by atoms with Crippen LogP contribution in [0, 0.1) is 0 Å². The van der Waals surface area contributed by atoms with Gasteiger partial charge in [-0.25, -0.2) is 0 Å². The molecule has 0 radical (unpaired) electrons. The van der Waals surface area contributed by atoms with Crippen molar-refractivity contribution in [2.75, 3.05) is 42.9 Å². The van der Waals surface area contributed by atoms with E-state index in [4.69, 9.17) is 0 Å². The van der Waals surface area contributed by atoms with Gasteiger partial charge in [0.25, 0.3) is 0 Å². The Balaban J connectivity index is 1.77. The van der Waals surface area contributed by atoms with Crippen molar-refractivity contribution in [3.63, 3.8) is 0 Å². The monoisotopic (exact) mass is 340 g/mol. The average Bonchev–Trinajstić information content (AvgIpc) is 2.62. The summed E-state index contributed by atoms with van der Waals surface area (Å²) in [5.74, 6) is 1.44. The van der Waals surface area contributed by atoms with E-state index in [1.807, 2.05) is 6.07 Å².